The lowest BCUT2D eigenvalue weighted by Gasteiger charge is -2.27. The smallest absolute Gasteiger partial charge is 0.0716 e. The molecule has 130 valence electrons. The van der Waals surface area contributed by atoms with Gasteiger partial charge in [0.25, 0.3) is 0 Å². The van der Waals surface area contributed by atoms with Crippen LogP contribution in [-0.4, -0.2) is 25.3 Å². The third-order valence-electron chi connectivity index (χ3n) is 4.12. The monoisotopic (exact) mass is 328 g/mol. The molecule has 0 fully saturated rings. The number of rotatable bonds is 11. The number of ether oxygens (including phenoxy) is 2. The van der Waals surface area contributed by atoms with E-state index in [4.69, 9.17) is 20.9 Å². The van der Waals surface area contributed by atoms with Crippen LogP contribution in [0.1, 0.15) is 24.0 Å². The molecule has 0 atom stereocenters. The van der Waals surface area contributed by atoms with Crippen LogP contribution in [0.25, 0.3) is 0 Å². The van der Waals surface area contributed by atoms with Gasteiger partial charge in [0, 0.05) is 25.3 Å². The third-order valence-corrected chi connectivity index (χ3v) is 4.12. The molecule has 2 aromatic rings. The van der Waals surface area contributed by atoms with E-state index in [0.717, 1.165) is 12.8 Å². The van der Waals surface area contributed by atoms with Crippen molar-refractivity contribution in [1.29, 1.82) is 0 Å². The van der Waals surface area contributed by atoms with Gasteiger partial charge in [0.05, 0.1) is 13.2 Å². The van der Waals surface area contributed by atoms with Crippen LogP contribution in [0, 0.1) is 0 Å². The summed E-state index contributed by atoms with van der Waals surface area (Å²) in [5.41, 5.74) is 14.1. The van der Waals surface area contributed by atoms with Gasteiger partial charge in [0.2, 0.25) is 0 Å². The number of hydrogen-bond acceptors (Lipinski definition) is 4. The molecule has 0 saturated carbocycles. The fourth-order valence-corrected chi connectivity index (χ4v) is 2.41. The van der Waals surface area contributed by atoms with Gasteiger partial charge in [-0.2, -0.15) is 0 Å². The Hall–Kier alpha value is -1.72. The summed E-state index contributed by atoms with van der Waals surface area (Å²) in [6.07, 6.45) is 1.45. The van der Waals surface area contributed by atoms with Crippen molar-refractivity contribution in [1.82, 2.24) is 0 Å². The van der Waals surface area contributed by atoms with E-state index in [2.05, 4.69) is 24.3 Å². The molecule has 24 heavy (non-hydrogen) atoms. The Kier molecular flexibility index (Phi) is 7.92. The molecule has 0 unspecified atom stereocenters. The van der Waals surface area contributed by atoms with E-state index >= 15 is 0 Å². The van der Waals surface area contributed by atoms with Gasteiger partial charge in [0.1, 0.15) is 0 Å². The molecule has 2 aromatic carbocycles. The third kappa shape index (κ3) is 6.81. The van der Waals surface area contributed by atoms with Crippen LogP contribution < -0.4 is 11.5 Å². The molecule has 0 amide bonds. The molecular formula is C20H28N2O2. The van der Waals surface area contributed by atoms with Crippen LogP contribution in [0.3, 0.4) is 0 Å². The zero-order valence-electron chi connectivity index (χ0n) is 14.2. The first-order valence-corrected chi connectivity index (χ1v) is 8.44. The SMILES string of the molecule is NCC(N)(CCOCc1ccccc1)CCOCc1ccccc1. The highest BCUT2D eigenvalue weighted by molar-refractivity contribution is 5.14. The van der Waals surface area contributed by atoms with Gasteiger partial charge in [-0.05, 0) is 24.0 Å². The van der Waals surface area contributed by atoms with Crippen LogP contribution in [0.5, 0.6) is 0 Å². The van der Waals surface area contributed by atoms with Gasteiger partial charge in [-0.3, -0.25) is 0 Å². The molecule has 4 heteroatoms. The Morgan fingerprint density at radius 1 is 0.708 bits per heavy atom. The molecule has 4 N–H and O–H groups in total. The fraction of sp³-hybridized carbons (Fsp3) is 0.400. The van der Waals surface area contributed by atoms with Gasteiger partial charge in [0.15, 0.2) is 0 Å². The van der Waals surface area contributed by atoms with E-state index in [1.807, 2.05) is 36.4 Å². The summed E-state index contributed by atoms with van der Waals surface area (Å²) in [6, 6.07) is 20.2. The molecule has 0 saturated heterocycles. The van der Waals surface area contributed by atoms with Crippen molar-refractivity contribution in [3.8, 4) is 0 Å². The van der Waals surface area contributed by atoms with E-state index in [1.54, 1.807) is 0 Å². The predicted molar refractivity (Wildman–Crippen MR) is 97.4 cm³/mol. The van der Waals surface area contributed by atoms with Crippen molar-refractivity contribution in [2.75, 3.05) is 19.8 Å². The van der Waals surface area contributed by atoms with E-state index < -0.39 is 5.54 Å². The molecule has 0 heterocycles. The molecular weight excluding hydrogens is 300 g/mol. The summed E-state index contributed by atoms with van der Waals surface area (Å²) < 4.78 is 11.4. The zero-order valence-corrected chi connectivity index (χ0v) is 14.2. The molecule has 0 radical (unpaired) electrons. The van der Waals surface area contributed by atoms with Crippen molar-refractivity contribution < 1.29 is 9.47 Å². The lowest BCUT2D eigenvalue weighted by Crippen LogP contribution is -2.48. The number of hydrogen-bond donors (Lipinski definition) is 2. The van der Waals surface area contributed by atoms with Gasteiger partial charge in [-0.15, -0.1) is 0 Å². The molecule has 2 rings (SSSR count). The molecule has 4 nitrogen and oxygen atoms in total. The first-order valence-electron chi connectivity index (χ1n) is 8.44. The van der Waals surface area contributed by atoms with Crippen LogP contribution >= 0.6 is 0 Å². The number of benzene rings is 2. The maximum atomic E-state index is 6.37. The molecule has 0 aromatic heterocycles. The van der Waals surface area contributed by atoms with Crippen LogP contribution in [-0.2, 0) is 22.7 Å². The highest BCUT2D eigenvalue weighted by atomic mass is 16.5. The van der Waals surface area contributed by atoms with Crippen molar-refractivity contribution in [2.24, 2.45) is 11.5 Å². The maximum absolute atomic E-state index is 6.37. The summed E-state index contributed by atoms with van der Waals surface area (Å²) in [5, 5.41) is 0. The Bertz CT molecular complexity index is 513. The van der Waals surface area contributed by atoms with Gasteiger partial charge in [-0.25, -0.2) is 0 Å². The highest BCUT2D eigenvalue weighted by Crippen LogP contribution is 2.13. The van der Waals surface area contributed by atoms with Crippen LogP contribution in [0.4, 0.5) is 0 Å². The Morgan fingerprint density at radius 3 is 1.50 bits per heavy atom. The fourth-order valence-electron chi connectivity index (χ4n) is 2.41. The molecule has 0 aliphatic carbocycles. The quantitative estimate of drug-likeness (QED) is 0.622. The number of nitrogens with two attached hydrogens (primary N) is 2. The zero-order chi connectivity index (χ0) is 17.1. The average molecular weight is 328 g/mol. The van der Waals surface area contributed by atoms with Gasteiger partial charge in [-0.1, -0.05) is 60.7 Å². The van der Waals surface area contributed by atoms with Crippen molar-refractivity contribution in [2.45, 2.75) is 31.6 Å². The average Bonchev–Trinajstić information content (AvgIpc) is 2.64. The normalized spacial score (nSPS) is 11.6. The lowest BCUT2D eigenvalue weighted by molar-refractivity contribution is 0.0773. The molecule has 0 spiro atoms. The molecule has 0 aliphatic rings. The first kappa shape index (κ1) is 18.6. The highest BCUT2D eigenvalue weighted by Gasteiger charge is 2.22. The Labute approximate surface area is 144 Å². The maximum Gasteiger partial charge on any atom is 0.0716 e. The minimum absolute atomic E-state index is 0.427. The molecule has 0 aliphatic heterocycles. The minimum Gasteiger partial charge on any atom is -0.377 e. The second-order valence-corrected chi connectivity index (χ2v) is 6.14. The second-order valence-electron chi connectivity index (χ2n) is 6.14. The molecule has 0 bridgehead atoms. The van der Waals surface area contributed by atoms with E-state index in [-0.39, 0.29) is 0 Å². The van der Waals surface area contributed by atoms with E-state index in [1.165, 1.54) is 11.1 Å². The van der Waals surface area contributed by atoms with Crippen molar-refractivity contribution in [3.05, 3.63) is 71.8 Å². The van der Waals surface area contributed by atoms with E-state index in [9.17, 15) is 0 Å². The summed E-state index contributed by atoms with van der Waals surface area (Å²) in [4.78, 5) is 0. The van der Waals surface area contributed by atoms with E-state index in [0.29, 0.717) is 33.0 Å². The Balaban J connectivity index is 1.63. The minimum atomic E-state index is -0.437. The van der Waals surface area contributed by atoms with Crippen LogP contribution in [0.2, 0.25) is 0 Å². The summed E-state index contributed by atoms with van der Waals surface area (Å²) in [5.74, 6) is 0. The lowest BCUT2D eigenvalue weighted by atomic mass is 9.93. The predicted octanol–water partition coefficient (Wildman–Crippen LogP) is 2.86. The largest absolute Gasteiger partial charge is 0.377 e. The summed E-state index contributed by atoms with van der Waals surface area (Å²) >= 11 is 0. The second kappa shape index (κ2) is 10.2. The van der Waals surface area contributed by atoms with Gasteiger partial charge < -0.3 is 20.9 Å². The Morgan fingerprint density at radius 2 is 1.12 bits per heavy atom. The van der Waals surface area contributed by atoms with Crippen molar-refractivity contribution in [3.63, 3.8) is 0 Å². The van der Waals surface area contributed by atoms with Gasteiger partial charge >= 0.3 is 0 Å². The topological polar surface area (TPSA) is 70.5 Å². The van der Waals surface area contributed by atoms with Crippen LogP contribution in [0.15, 0.2) is 60.7 Å². The summed E-state index contributed by atoms with van der Waals surface area (Å²) in [7, 11) is 0. The first-order chi connectivity index (χ1) is 11.7. The standard InChI is InChI=1S/C20H28N2O2/c21-17-20(22,11-13-23-15-18-7-3-1-4-8-18)12-14-24-16-19-9-5-2-6-10-19/h1-10H,11-17,21-22H2. The summed E-state index contributed by atoms with van der Waals surface area (Å²) in [6.45, 7) is 2.83. The van der Waals surface area contributed by atoms with Crippen molar-refractivity contribution >= 4 is 0 Å².